The van der Waals surface area contributed by atoms with Gasteiger partial charge in [0.05, 0.1) is 12.5 Å². The molecular formula is C22H27NO3. The Morgan fingerprint density at radius 2 is 1.62 bits per heavy atom. The zero-order valence-electron chi connectivity index (χ0n) is 15.7. The molecule has 0 aromatic heterocycles. The largest absolute Gasteiger partial charge is 0.486 e. The minimum Gasteiger partial charge on any atom is -0.486 e. The van der Waals surface area contributed by atoms with Gasteiger partial charge < -0.3 is 14.8 Å². The zero-order valence-corrected chi connectivity index (χ0v) is 15.7. The van der Waals surface area contributed by atoms with Crippen molar-refractivity contribution in [3.05, 3.63) is 59.2 Å². The summed E-state index contributed by atoms with van der Waals surface area (Å²) in [5, 5.41) is 3.07. The molecule has 1 heterocycles. The third-order valence-electron chi connectivity index (χ3n) is 4.47. The summed E-state index contributed by atoms with van der Waals surface area (Å²) in [7, 11) is 0. The quantitative estimate of drug-likeness (QED) is 0.851. The lowest BCUT2D eigenvalue weighted by atomic mass is 10.00. The Kier molecular flexibility index (Phi) is 5.82. The summed E-state index contributed by atoms with van der Waals surface area (Å²) >= 11 is 0. The average Bonchev–Trinajstić information content (AvgIpc) is 2.61. The minimum atomic E-state index is -0.0205. The average molecular weight is 353 g/mol. The fourth-order valence-corrected chi connectivity index (χ4v) is 3.17. The van der Waals surface area contributed by atoms with Gasteiger partial charge in [-0.15, -0.1) is 0 Å². The second-order valence-electron chi connectivity index (χ2n) is 7.28. The van der Waals surface area contributed by atoms with Crippen LogP contribution in [-0.2, 0) is 17.6 Å². The molecule has 0 unspecified atom stereocenters. The van der Waals surface area contributed by atoms with E-state index in [1.807, 2.05) is 25.1 Å². The number of benzene rings is 2. The minimum absolute atomic E-state index is 0.000403. The van der Waals surface area contributed by atoms with Crippen molar-refractivity contribution in [3.63, 3.8) is 0 Å². The number of nitrogens with one attached hydrogen (secondary N) is 1. The first-order valence-electron chi connectivity index (χ1n) is 9.28. The number of carbonyl (C=O) groups is 1. The molecule has 138 valence electrons. The van der Waals surface area contributed by atoms with E-state index in [1.54, 1.807) is 0 Å². The van der Waals surface area contributed by atoms with Crippen molar-refractivity contribution in [1.29, 1.82) is 0 Å². The maximum atomic E-state index is 12.4. The Hall–Kier alpha value is -2.49. The number of amides is 1. The molecule has 1 atom stereocenters. The number of fused-ring (bicyclic) bond motifs is 1. The molecule has 0 bridgehead atoms. The molecular weight excluding hydrogens is 326 g/mol. The molecule has 1 N–H and O–H groups in total. The van der Waals surface area contributed by atoms with Crippen LogP contribution in [0.25, 0.3) is 0 Å². The van der Waals surface area contributed by atoms with E-state index in [0.717, 1.165) is 29.0 Å². The fourth-order valence-electron chi connectivity index (χ4n) is 3.17. The number of hydrogen-bond acceptors (Lipinski definition) is 3. The van der Waals surface area contributed by atoms with Crippen LogP contribution < -0.4 is 14.8 Å². The molecule has 0 spiro atoms. The highest BCUT2D eigenvalue weighted by atomic mass is 16.6. The maximum absolute atomic E-state index is 12.4. The molecule has 3 rings (SSSR count). The summed E-state index contributed by atoms with van der Waals surface area (Å²) in [6.07, 6.45) is 1.40. The highest BCUT2D eigenvalue weighted by Crippen LogP contribution is 2.30. The molecule has 1 aliphatic heterocycles. The monoisotopic (exact) mass is 353 g/mol. The van der Waals surface area contributed by atoms with Gasteiger partial charge in [0.1, 0.15) is 13.2 Å². The van der Waals surface area contributed by atoms with Crippen molar-refractivity contribution in [2.75, 3.05) is 13.2 Å². The van der Waals surface area contributed by atoms with E-state index in [-0.39, 0.29) is 11.9 Å². The van der Waals surface area contributed by atoms with Crippen LogP contribution in [0.4, 0.5) is 0 Å². The predicted octanol–water partition coefficient (Wildman–Crippen LogP) is 4.08. The highest BCUT2D eigenvalue weighted by molar-refractivity contribution is 5.79. The standard InChI is InChI=1S/C22H27NO3/c1-15(2)12-17-4-7-19(8-5-17)16(3)23-22(24)14-18-6-9-20-21(13-18)26-11-10-25-20/h4-9,13,15-16H,10-12,14H2,1-3H3,(H,23,24)/t16-/m0/s1. The van der Waals surface area contributed by atoms with Crippen molar-refractivity contribution in [3.8, 4) is 11.5 Å². The molecule has 1 aliphatic rings. The van der Waals surface area contributed by atoms with Gasteiger partial charge in [0.15, 0.2) is 11.5 Å². The van der Waals surface area contributed by atoms with Crippen LogP contribution in [0.2, 0.25) is 0 Å². The summed E-state index contributed by atoms with van der Waals surface area (Å²) in [6, 6.07) is 14.2. The topological polar surface area (TPSA) is 47.6 Å². The second-order valence-corrected chi connectivity index (χ2v) is 7.28. The van der Waals surface area contributed by atoms with Crippen LogP contribution in [0.1, 0.15) is 43.5 Å². The summed E-state index contributed by atoms with van der Waals surface area (Å²) in [5.41, 5.74) is 3.37. The van der Waals surface area contributed by atoms with Crippen molar-refractivity contribution in [2.24, 2.45) is 5.92 Å². The van der Waals surface area contributed by atoms with Gasteiger partial charge in [-0.3, -0.25) is 4.79 Å². The molecule has 2 aromatic carbocycles. The van der Waals surface area contributed by atoms with Gasteiger partial charge in [-0.25, -0.2) is 0 Å². The third-order valence-corrected chi connectivity index (χ3v) is 4.47. The Labute approximate surface area is 155 Å². The summed E-state index contributed by atoms with van der Waals surface area (Å²) in [4.78, 5) is 12.4. The van der Waals surface area contributed by atoms with Gasteiger partial charge in [0.2, 0.25) is 5.91 Å². The van der Waals surface area contributed by atoms with Gasteiger partial charge in [-0.2, -0.15) is 0 Å². The van der Waals surface area contributed by atoms with Crippen molar-refractivity contribution in [2.45, 2.75) is 39.7 Å². The van der Waals surface area contributed by atoms with Gasteiger partial charge >= 0.3 is 0 Å². The van der Waals surface area contributed by atoms with E-state index in [2.05, 4.69) is 43.4 Å². The van der Waals surface area contributed by atoms with E-state index in [9.17, 15) is 4.79 Å². The van der Waals surface area contributed by atoms with Crippen molar-refractivity contribution in [1.82, 2.24) is 5.32 Å². The second kappa shape index (κ2) is 8.26. The van der Waals surface area contributed by atoms with E-state index in [0.29, 0.717) is 25.6 Å². The Bertz CT molecular complexity index is 752. The van der Waals surface area contributed by atoms with Crippen molar-refractivity contribution >= 4 is 5.91 Å². The number of ether oxygens (including phenoxy) is 2. The summed E-state index contributed by atoms with van der Waals surface area (Å²) in [6.45, 7) is 7.56. The third kappa shape index (κ3) is 4.78. The van der Waals surface area contributed by atoms with E-state index >= 15 is 0 Å². The molecule has 0 saturated heterocycles. The molecule has 2 aromatic rings. The number of rotatable bonds is 6. The molecule has 0 fully saturated rings. The van der Waals surface area contributed by atoms with Crippen LogP contribution in [-0.4, -0.2) is 19.1 Å². The van der Waals surface area contributed by atoms with Crippen LogP contribution in [0.15, 0.2) is 42.5 Å². The van der Waals surface area contributed by atoms with E-state index in [4.69, 9.17) is 9.47 Å². The Balaban J connectivity index is 1.57. The smallest absolute Gasteiger partial charge is 0.224 e. The van der Waals surface area contributed by atoms with Crippen LogP contribution in [0.5, 0.6) is 11.5 Å². The fraction of sp³-hybridized carbons (Fsp3) is 0.409. The van der Waals surface area contributed by atoms with Gasteiger partial charge in [-0.05, 0) is 48.1 Å². The van der Waals surface area contributed by atoms with Gasteiger partial charge in [-0.1, -0.05) is 44.2 Å². The molecule has 1 amide bonds. The molecule has 0 aliphatic carbocycles. The first-order chi connectivity index (χ1) is 12.5. The number of carbonyl (C=O) groups excluding carboxylic acids is 1. The van der Waals surface area contributed by atoms with E-state index < -0.39 is 0 Å². The molecule has 0 radical (unpaired) electrons. The highest BCUT2D eigenvalue weighted by Gasteiger charge is 2.14. The SMILES string of the molecule is CC(C)Cc1ccc([C@H](C)NC(=O)Cc2ccc3c(c2)OCCO3)cc1. The lowest BCUT2D eigenvalue weighted by Crippen LogP contribution is -2.28. The molecule has 26 heavy (non-hydrogen) atoms. The summed E-state index contributed by atoms with van der Waals surface area (Å²) < 4.78 is 11.1. The first-order valence-corrected chi connectivity index (χ1v) is 9.28. The van der Waals surface area contributed by atoms with Crippen LogP contribution >= 0.6 is 0 Å². The maximum Gasteiger partial charge on any atom is 0.224 e. The zero-order chi connectivity index (χ0) is 18.5. The molecule has 4 nitrogen and oxygen atoms in total. The van der Waals surface area contributed by atoms with Gasteiger partial charge in [0.25, 0.3) is 0 Å². The lowest BCUT2D eigenvalue weighted by molar-refractivity contribution is -0.121. The number of hydrogen-bond donors (Lipinski definition) is 1. The van der Waals surface area contributed by atoms with Crippen LogP contribution in [0, 0.1) is 5.92 Å². The van der Waals surface area contributed by atoms with E-state index in [1.165, 1.54) is 5.56 Å². The lowest BCUT2D eigenvalue weighted by Gasteiger charge is -2.19. The normalized spacial score (nSPS) is 14.2. The van der Waals surface area contributed by atoms with Crippen molar-refractivity contribution < 1.29 is 14.3 Å². The van der Waals surface area contributed by atoms with Crippen LogP contribution in [0.3, 0.4) is 0 Å². The Morgan fingerprint density at radius 3 is 2.31 bits per heavy atom. The van der Waals surface area contributed by atoms with Gasteiger partial charge in [0, 0.05) is 0 Å². The summed E-state index contributed by atoms with van der Waals surface area (Å²) in [5.74, 6) is 2.11. The predicted molar refractivity (Wildman–Crippen MR) is 103 cm³/mol. The molecule has 0 saturated carbocycles. The molecule has 4 heteroatoms. The Morgan fingerprint density at radius 1 is 0.962 bits per heavy atom. The first kappa shape index (κ1) is 18.3.